The predicted molar refractivity (Wildman–Crippen MR) is 138 cm³/mol. The normalized spacial score (nSPS) is 13.9. The number of hydrogen-bond donors (Lipinski definition) is 4. The third-order valence-electron chi connectivity index (χ3n) is 6.58. The minimum atomic E-state index is -3.86. The van der Waals surface area contributed by atoms with E-state index in [0.29, 0.717) is 23.2 Å². The molecule has 1 aliphatic carbocycles. The van der Waals surface area contributed by atoms with E-state index in [0.717, 1.165) is 36.8 Å². The molecule has 0 radical (unpaired) electrons. The topological polar surface area (TPSA) is 137 Å². The highest BCUT2D eigenvalue weighted by Crippen LogP contribution is 2.28. The summed E-state index contributed by atoms with van der Waals surface area (Å²) in [7, 11) is -3.86. The largest absolute Gasteiger partial charge is 0.335 e. The zero-order valence-corrected chi connectivity index (χ0v) is 20.7. The Bertz CT molecular complexity index is 1350. The molecular formula is C27H30N4O4S. The van der Waals surface area contributed by atoms with Gasteiger partial charge in [-0.25, -0.2) is 13.6 Å². The van der Waals surface area contributed by atoms with Crippen molar-refractivity contribution in [2.75, 3.05) is 0 Å². The molecule has 9 heteroatoms. The highest BCUT2D eigenvalue weighted by molar-refractivity contribution is 7.89. The molecule has 8 nitrogen and oxygen atoms in total. The molecule has 5 N–H and O–H groups in total. The van der Waals surface area contributed by atoms with Crippen LogP contribution in [0, 0.1) is 5.41 Å². The van der Waals surface area contributed by atoms with Crippen molar-refractivity contribution < 1.29 is 18.4 Å². The predicted octanol–water partition coefficient (Wildman–Crippen LogP) is 3.82. The second kappa shape index (κ2) is 11.0. The molecule has 36 heavy (non-hydrogen) atoms. The minimum Gasteiger partial charge on any atom is -0.335 e. The van der Waals surface area contributed by atoms with Gasteiger partial charge in [0.2, 0.25) is 15.9 Å². The first-order valence-electron chi connectivity index (χ1n) is 11.8. The number of nitrogens with one attached hydrogen (secondary N) is 2. The fourth-order valence-electron chi connectivity index (χ4n) is 4.75. The molecule has 0 saturated heterocycles. The van der Waals surface area contributed by atoms with Crippen LogP contribution in [-0.2, 0) is 27.8 Å². The third kappa shape index (κ3) is 5.99. The van der Waals surface area contributed by atoms with E-state index in [1.807, 2.05) is 46.8 Å². The first-order chi connectivity index (χ1) is 17.3. The standard InChI is InChI=1S/C27H30N4O4S/c28-27(30-33)22-7-5-6-20(16-22)18-31(23-8-1-2-9-23)26(32)17-19-12-14-21(15-13-19)24-10-3-4-11-25(24)36(29,34)35/h3-7,10-16,23,33H,1-2,8-9,17-18H2,(H2,28,30)(H2,29,34,35). The van der Waals surface area contributed by atoms with Gasteiger partial charge in [-0.15, -0.1) is 0 Å². The molecule has 4 rings (SSSR count). The lowest BCUT2D eigenvalue weighted by Crippen LogP contribution is -2.39. The van der Waals surface area contributed by atoms with E-state index in [9.17, 15) is 13.2 Å². The maximum Gasteiger partial charge on any atom is 0.238 e. The summed E-state index contributed by atoms with van der Waals surface area (Å²) in [5, 5.41) is 22.2. The van der Waals surface area contributed by atoms with E-state index in [1.54, 1.807) is 30.3 Å². The maximum absolute atomic E-state index is 13.5. The van der Waals surface area contributed by atoms with Gasteiger partial charge in [-0.05, 0) is 41.7 Å². The van der Waals surface area contributed by atoms with Gasteiger partial charge in [0.25, 0.3) is 0 Å². The van der Waals surface area contributed by atoms with Crippen molar-refractivity contribution in [1.29, 1.82) is 5.41 Å². The van der Waals surface area contributed by atoms with Gasteiger partial charge in [-0.3, -0.25) is 20.9 Å². The number of nitrogens with two attached hydrogens (primary N) is 1. The van der Waals surface area contributed by atoms with Crippen molar-refractivity contribution >= 4 is 21.8 Å². The van der Waals surface area contributed by atoms with Crippen LogP contribution in [0.2, 0.25) is 0 Å². The molecule has 3 aromatic carbocycles. The van der Waals surface area contributed by atoms with Crippen LogP contribution in [0.15, 0.2) is 77.7 Å². The molecule has 188 valence electrons. The summed E-state index contributed by atoms with van der Waals surface area (Å²) in [5.74, 6) is -0.0833. The van der Waals surface area contributed by atoms with E-state index in [2.05, 4.69) is 0 Å². The van der Waals surface area contributed by atoms with Crippen LogP contribution in [-0.4, -0.2) is 36.3 Å². The Balaban J connectivity index is 1.53. The number of hydroxylamine groups is 1. The summed E-state index contributed by atoms with van der Waals surface area (Å²) in [6.45, 7) is 0.426. The number of amidine groups is 1. The van der Waals surface area contributed by atoms with Gasteiger partial charge in [0, 0.05) is 23.7 Å². The molecular weight excluding hydrogens is 476 g/mol. The third-order valence-corrected chi connectivity index (χ3v) is 7.55. The summed E-state index contributed by atoms with van der Waals surface area (Å²) in [6.07, 6.45) is 4.32. The zero-order chi connectivity index (χ0) is 25.7. The fraction of sp³-hybridized carbons (Fsp3) is 0.259. The summed E-state index contributed by atoms with van der Waals surface area (Å²) in [6, 6.07) is 21.3. The highest BCUT2D eigenvalue weighted by atomic mass is 32.2. The molecule has 0 aromatic heterocycles. The minimum absolute atomic E-state index is 0.0142. The molecule has 0 heterocycles. The number of rotatable bonds is 8. The molecule has 0 unspecified atom stereocenters. The number of primary sulfonamides is 1. The SMILES string of the molecule is N=C(NO)c1cccc(CN(C(=O)Cc2ccc(-c3ccccc3S(N)(=O)=O)cc2)C2CCCC2)c1. The summed E-state index contributed by atoms with van der Waals surface area (Å²) < 4.78 is 23.9. The van der Waals surface area contributed by atoms with Crippen molar-refractivity contribution in [2.45, 2.75) is 49.6 Å². The number of sulfonamides is 1. The molecule has 0 aliphatic heterocycles. The van der Waals surface area contributed by atoms with E-state index in [4.69, 9.17) is 15.8 Å². The number of carbonyl (C=O) groups excluding carboxylic acids is 1. The molecule has 0 atom stereocenters. The monoisotopic (exact) mass is 506 g/mol. The summed E-state index contributed by atoms with van der Waals surface area (Å²) >= 11 is 0. The number of carbonyl (C=O) groups is 1. The Kier molecular flexibility index (Phi) is 7.83. The molecule has 1 fully saturated rings. The van der Waals surface area contributed by atoms with Gasteiger partial charge in [-0.1, -0.05) is 73.5 Å². The average molecular weight is 507 g/mol. The van der Waals surface area contributed by atoms with Crippen LogP contribution in [0.1, 0.15) is 42.4 Å². The number of hydrogen-bond acceptors (Lipinski definition) is 5. The molecule has 0 bridgehead atoms. The van der Waals surface area contributed by atoms with Crippen molar-refractivity contribution in [3.8, 4) is 11.1 Å². The number of benzene rings is 3. The van der Waals surface area contributed by atoms with Crippen LogP contribution in [0.5, 0.6) is 0 Å². The smallest absolute Gasteiger partial charge is 0.238 e. The average Bonchev–Trinajstić information content (AvgIpc) is 3.41. The van der Waals surface area contributed by atoms with Gasteiger partial charge in [0.05, 0.1) is 11.3 Å². The molecule has 3 aromatic rings. The van der Waals surface area contributed by atoms with Gasteiger partial charge < -0.3 is 4.90 Å². The van der Waals surface area contributed by atoms with E-state index in [1.165, 1.54) is 6.07 Å². The van der Waals surface area contributed by atoms with Gasteiger partial charge in [0.15, 0.2) is 0 Å². The van der Waals surface area contributed by atoms with Gasteiger partial charge in [-0.2, -0.15) is 0 Å². The molecule has 0 spiro atoms. The van der Waals surface area contributed by atoms with E-state index >= 15 is 0 Å². The number of nitrogens with zero attached hydrogens (tertiary/aromatic N) is 1. The Hall–Kier alpha value is -3.53. The molecule has 1 amide bonds. The fourth-order valence-corrected chi connectivity index (χ4v) is 5.52. The Morgan fingerprint density at radius 1 is 1.00 bits per heavy atom. The van der Waals surface area contributed by atoms with Crippen molar-refractivity contribution in [3.05, 3.63) is 89.5 Å². The first kappa shape index (κ1) is 25.6. The van der Waals surface area contributed by atoms with E-state index in [-0.39, 0.29) is 29.1 Å². The lowest BCUT2D eigenvalue weighted by atomic mass is 10.0. The second-order valence-corrected chi connectivity index (χ2v) is 10.6. The van der Waals surface area contributed by atoms with Gasteiger partial charge in [0.1, 0.15) is 5.84 Å². The second-order valence-electron chi connectivity index (χ2n) is 9.06. The van der Waals surface area contributed by atoms with Crippen molar-refractivity contribution in [3.63, 3.8) is 0 Å². The van der Waals surface area contributed by atoms with Crippen LogP contribution in [0.3, 0.4) is 0 Å². The summed E-state index contributed by atoms with van der Waals surface area (Å²) in [5.41, 5.74) is 5.36. The summed E-state index contributed by atoms with van der Waals surface area (Å²) in [4.78, 5) is 15.4. The molecule has 1 aliphatic rings. The van der Waals surface area contributed by atoms with Crippen LogP contribution >= 0.6 is 0 Å². The van der Waals surface area contributed by atoms with Crippen LogP contribution in [0.4, 0.5) is 0 Å². The van der Waals surface area contributed by atoms with Gasteiger partial charge >= 0.3 is 0 Å². The van der Waals surface area contributed by atoms with Crippen molar-refractivity contribution in [2.24, 2.45) is 5.14 Å². The lowest BCUT2D eigenvalue weighted by Gasteiger charge is -2.29. The lowest BCUT2D eigenvalue weighted by molar-refractivity contribution is -0.133. The number of amides is 1. The maximum atomic E-state index is 13.5. The quantitative estimate of drug-likeness (QED) is 0.209. The molecule has 1 saturated carbocycles. The Labute approximate surface area is 211 Å². The van der Waals surface area contributed by atoms with E-state index < -0.39 is 10.0 Å². The van der Waals surface area contributed by atoms with Crippen molar-refractivity contribution in [1.82, 2.24) is 10.4 Å². The Morgan fingerprint density at radius 3 is 2.36 bits per heavy atom. The first-order valence-corrected chi connectivity index (χ1v) is 13.4. The Morgan fingerprint density at radius 2 is 1.69 bits per heavy atom. The zero-order valence-electron chi connectivity index (χ0n) is 19.9. The van der Waals surface area contributed by atoms with Crippen LogP contribution < -0.4 is 10.6 Å². The van der Waals surface area contributed by atoms with Crippen LogP contribution in [0.25, 0.3) is 11.1 Å². The highest BCUT2D eigenvalue weighted by Gasteiger charge is 2.27.